The highest BCUT2D eigenvalue weighted by atomic mass is 32.2. The number of aryl methyl sites for hydroxylation is 2. The highest BCUT2D eigenvalue weighted by molar-refractivity contribution is 7.98. The van der Waals surface area contributed by atoms with Gasteiger partial charge in [0, 0.05) is 30.2 Å². The van der Waals surface area contributed by atoms with Crippen molar-refractivity contribution in [2.45, 2.75) is 11.9 Å². The first-order valence-electron chi connectivity index (χ1n) is 11.4. The number of hydrogen-bond acceptors (Lipinski definition) is 6. The van der Waals surface area contributed by atoms with Crippen LogP contribution in [0.15, 0.2) is 82.9 Å². The molecule has 0 unspecified atom stereocenters. The lowest BCUT2D eigenvalue weighted by Crippen LogP contribution is -2.16. The summed E-state index contributed by atoms with van der Waals surface area (Å²) in [5.41, 5.74) is 4.44. The molecule has 2 N–H and O–H groups in total. The molecule has 10 heteroatoms. The summed E-state index contributed by atoms with van der Waals surface area (Å²) in [6.07, 6.45) is 3.38. The minimum absolute atomic E-state index is 0.129. The lowest BCUT2D eigenvalue weighted by Gasteiger charge is -2.13. The van der Waals surface area contributed by atoms with Crippen LogP contribution in [0.3, 0.4) is 0 Å². The van der Waals surface area contributed by atoms with Crippen LogP contribution in [-0.4, -0.2) is 31.5 Å². The Kier molecular flexibility index (Phi) is 6.49. The molecular formula is C27H23FN6O2S. The Balaban J connectivity index is 1.39. The third kappa shape index (κ3) is 4.96. The Morgan fingerprint density at radius 3 is 2.51 bits per heavy atom. The van der Waals surface area contributed by atoms with Crippen molar-refractivity contribution in [3.8, 4) is 5.69 Å². The molecule has 0 bridgehead atoms. The van der Waals surface area contributed by atoms with Crippen LogP contribution in [0.1, 0.15) is 16.1 Å². The van der Waals surface area contributed by atoms with Gasteiger partial charge in [0.15, 0.2) is 5.69 Å². The minimum Gasteiger partial charge on any atom is -0.355 e. The maximum Gasteiger partial charge on any atom is 0.276 e. The van der Waals surface area contributed by atoms with Gasteiger partial charge in [-0.1, -0.05) is 6.07 Å². The third-order valence-corrected chi connectivity index (χ3v) is 6.59. The average Bonchev–Trinajstić information content (AvgIpc) is 3.34. The number of anilines is 3. The van der Waals surface area contributed by atoms with E-state index in [9.17, 15) is 14.0 Å². The maximum absolute atomic E-state index is 13.3. The number of hydrogen-bond donors (Lipinski definition) is 2. The summed E-state index contributed by atoms with van der Waals surface area (Å²) >= 11 is 1.44. The van der Waals surface area contributed by atoms with E-state index in [-0.39, 0.29) is 23.0 Å². The van der Waals surface area contributed by atoms with Gasteiger partial charge in [0.25, 0.3) is 11.5 Å². The Morgan fingerprint density at radius 1 is 1.00 bits per heavy atom. The zero-order valence-electron chi connectivity index (χ0n) is 20.3. The number of carbonyl (C=O) groups excluding carboxylic acids is 1. The number of nitrogens with one attached hydrogen (secondary N) is 2. The summed E-state index contributed by atoms with van der Waals surface area (Å²) in [6, 6.07) is 18.6. The molecule has 37 heavy (non-hydrogen) atoms. The van der Waals surface area contributed by atoms with Gasteiger partial charge in [0.2, 0.25) is 0 Å². The van der Waals surface area contributed by atoms with Crippen molar-refractivity contribution in [3.63, 3.8) is 0 Å². The van der Waals surface area contributed by atoms with E-state index >= 15 is 0 Å². The van der Waals surface area contributed by atoms with Gasteiger partial charge in [-0.05, 0) is 73.3 Å². The summed E-state index contributed by atoms with van der Waals surface area (Å²) in [7, 11) is 1.66. The fourth-order valence-electron chi connectivity index (χ4n) is 3.86. The zero-order chi connectivity index (χ0) is 26.1. The van der Waals surface area contributed by atoms with Crippen molar-refractivity contribution < 1.29 is 9.18 Å². The molecule has 2 heterocycles. The second-order valence-corrected chi connectivity index (χ2v) is 9.29. The zero-order valence-corrected chi connectivity index (χ0v) is 21.1. The topological polar surface area (TPSA) is 93.8 Å². The van der Waals surface area contributed by atoms with E-state index in [1.165, 1.54) is 34.8 Å². The van der Waals surface area contributed by atoms with E-state index < -0.39 is 0 Å². The molecule has 0 fully saturated rings. The molecule has 0 saturated carbocycles. The molecule has 0 aliphatic heterocycles. The van der Waals surface area contributed by atoms with Crippen molar-refractivity contribution in [2.24, 2.45) is 7.05 Å². The number of carbonyl (C=O) groups is 1. The van der Waals surface area contributed by atoms with Crippen LogP contribution < -0.4 is 16.2 Å². The quantitative estimate of drug-likeness (QED) is 0.299. The van der Waals surface area contributed by atoms with Gasteiger partial charge in [-0.25, -0.2) is 14.1 Å². The number of thioether (sulfide) groups is 1. The molecule has 0 aliphatic rings. The first-order chi connectivity index (χ1) is 17.8. The SMILES string of the molecule is CSc1cc(C(=O)Nc2ccc(C)c(Nc3ccc4ncn(C)c(=O)c4c3)c2)nn1-c1ccc(F)cc1. The third-order valence-electron chi connectivity index (χ3n) is 5.88. The number of aromatic nitrogens is 4. The van der Waals surface area contributed by atoms with Gasteiger partial charge in [-0.2, -0.15) is 5.10 Å². The first kappa shape index (κ1) is 24.3. The summed E-state index contributed by atoms with van der Waals surface area (Å²) < 4.78 is 16.4. The minimum atomic E-state index is -0.369. The number of halogens is 1. The van der Waals surface area contributed by atoms with Crippen LogP contribution >= 0.6 is 11.8 Å². The van der Waals surface area contributed by atoms with E-state index in [1.54, 1.807) is 42.1 Å². The van der Waals surface area contributed by atoms with Crippen LogP contribution in [0.25, 0.3) is 16.6 Å². The lowest BCUT2D eigenvalue weighted by molar-refractivity contribution is 0.102. The van der Waals surface area contributed by atoms with Crippen LogP contribution in [0, 0.1) is 12.7 Å². The molecule has 0 radical (unpaired) electrons. The van der Waals surface area contributed by atoms with Crippen molar-refractivity contribution in [2.75, 3.05) is 16.9 Å². The van der Waals surface area contributed by atoms with E-state index in [1.807, 2.05) is 37.4 Å². The van der Waals surface area contributed by atoms with Crippen molar-refractivity contribution >= 4 is 45.6 Å². The molecule has 2 aromatic heterocycles. The standard InChI is InChI=1S/C27H23FN6O2S/c1-16-4-7-19(13-23(16)30-18-8-11-22-21(12-18)27(36)33(2)15-29-22)31-26(35)24-14-25(37-3)34(32-24)20-9-5-17(28)6-10-20/h4-15,30H,1-3H3,(H,31,35). The monoisotopic (exact) mass is 514 g/mol. The fraction of sp³-hybridized carbons (Fsp3) is 0.111. The van der Waals surface area contributed by atoms with Gasteiger partial charge < -0.3 is 15.2 Å². The Labute approximate surface area is 216 Å². The Hall–Kier alpha value is -4.44. The van der Waals surface area contributed by atoms with Crippen LogP contribution in [0.5, 0.6) is 0 Å². The summed E-state index contributed by atoms with van der Waals surface area (Å²) in [5.74, 6) is -0.711. The lowest BCUT2D eigenvalue weighted by atomic mass is 10.1. The van der Waals surface area contributed by atoms with E-state index in [4.69, 9.17) is 0 Å². The molecular weight excluding hydrogens is 491 g/mol. The highest BCUT2D eigenvalue weighted by Gasteiger charge is 2.16. The Morgan fingerprint density at radius 2 is 1.76 bits per heavy atom. The molecule has 5 aromatic rings. The second kappa shape index (κ2) is 9.90. The molecule has 0 atom stereocenters. The molecule has 1 amide bonds. The molecule has 0 aliphatic carbocycles. The summed E-state index contributed by atoms with van der Waals surface area (Å²) in [5, 5.41) is 11.9. The molecule has 0 saturated heterocycles. The number of benzene rings is 3. The number of nitrogens with zero attached hydrogens (tertiary/aromatic N) is 4. The Bertz CT molecular complexity index is 1690. The van der Waals surface area contributed by atoms with E-state index in [0.717, 1.165) is 22.0 Å². The smallest absolute Gasteiger partial charge is 0.276 e. The van der Waals surface area contributed by atoms with Gasteiger partial charge >= 0.3 is 0 Å². The predicted octanol–water partition coefficient (Wildman–Crippen LogP) is 5.28. The molecule has 186 valence electrons. The number of amides is 1. The van der Waals surface area contributed by atoms with Gasteiger partial charge in [-0.3, -0.25) is 9.59 Å². The molecule has 5 rings (SSSR count). The van der Waals surface area contributed by atoms with Crippen LogP contribution in [0.2, 0.25) is 0 Å². The van der Waals surface area contributed by atoms with Crippen molar-refractivity contribution in [1.82, 2.24) is 19.3 Å². The number of rotatable bonds is 6. The van der Waals surface area contributed by atoms with Gasteiger partial charge in [0.1, 0.15) is 10.8 Å². The van der Waals surface area contributed by atoms with Gasteiger partial charge in [0.05, 0.1) is 22.9 Å². The largest absolute Gasteiger partial charge is 0.355 e. The van der Waals surface area contributed by atoms with Crippen molar-refractivity contribution in [1.29, 1.82) is 0 Å². The van der Waals surface area contributed by atoms with E-state index in [2.05, 4.69) is 20.7 Å². The average molecular weight is 515 g/mol. The van der Waals surface area contributed by atoms with Gasteiger partial charge in [-0.15, -0.1) is 11.8 Å². The second-order valence-electron chi connectivity index (χ2n) is 8.46. The van der Waals surface area contributed by atoms with E-state index in [0.29, 0.717) is 22.3 Å². The normalized spacial score (nSPS) is 11.0. The number of fused-ring (bicyclic) bond motifs is 1. The maximum atomic E-state index is 13.3. The molecule has 8 nitrogen and oxygen atoms in total. The van der Waals surface area contributed by atoms with Crippen LogP contribution in [0.4, 0.5) is 21.5 Å². The summed E-state index contributed by atoms with van der Waals surface area (Å²) in [4.78, 5) is 29.8. The van der Waals surface area contributed by atoms with Crippen LogP contribution in [-0.2, 0) is 7.05 Å². The molecule has 0 spiro atoms. The fourth-order valence-corrected chi connectivity index (χ4v) is 4.41. The first-order valence-corrected chi connectivity index (χ1v) is 12.6. The predicted molar refractivity (Wildman–Crippen MR) is 145 cm³/mol. The van der Waals surface area contributed by atoms with Crippen molar-refractivity contribution in [3.05, 3.63) is 100 Å². The summed E-state index contributed by atoms with van der Waals surface area (Å²) in [6.45, 7) is 1.95. The highest BCUT2D eigenvalue weighted by Crippen LogP contribution is 2.27. The molecule has 3 aromatic carbocycles.